The number of hydrogen-bond acceptors (Lipinski definition) is 6. The number of amides is 1. The molecular formula is C19H17N3O3S. The standard InChI is InChI=1S/C19H17N3O3S/c1-24-14-9-7-13(8-10-14)11-21-22-18(23)17-12-20-19(26-17)15-5-3-4-6-16(15)25-2/h3-12H,1-2H3,(H,22,23)/b21-11-. The number of carbonyl (C=O) groups is 1. The van der Waals surface area contributed by atoms with Crippen molar-refractivity contribution in [3.63, 3.8) is 0 Å². The van der Waals surface area contributed by atoms with E-state index in [-0.39, 0.29) is 5.91 Å². The quantitative estimate of drug-likeness (QED) is 0.534. The van der Waals surface area contributed by atoms with Crippen LogP contribution in [0.15, 0.2) is 59.8 Å². The molecule has 3 aromatic rings. The molecule has 3 rings (SSSR count). The largest absolute Gasteiger partial charge is 0.497 e. The molecule has 1 amide bonds. The minimum Gasteiger partial charge on any atom is -0.497 e. The van der Waals surface area contributed by atoms with Gasteiger partial charge in [0.2, 0.25) is 0 Å². The SMILES string of the molecule is COc1ccc(/C=N\NC(=O)c2cnc(-c3ccccc3OC)s2)cc1. The van der Waals surface area contributed by atoms with Crippen molar-refractivity contribution in [1.82, 2.24) is 10.4 Å². The van der Waals surface area contributed by atoms with Crippen molar-refractivity contribution in [3.05, 3.63) is 65.2 Å². The number of benzene rings is 2. The number of rotatable bonds is 6. The molecule has 26 heavy (non-hydrogen) atoms. The molecule has 1 heterocycles. The van der Waals surface area contributed by atoms with Gasteiger partial charge in [-0.2, -0.15) is 5.10 Å². The maximum atomic E-state index is 12.2. The summed E-state index contributed by atoms with van der Waals surface area (Å²) < 4.78 is 10.4. The number of nitrogens with zero attached hydrogens (tertiary/aromatic N) is 2. The Bertz CT molecular complexity index is 920. The minimum absolute atomic E-state index is 0.312. The molecule has 0 unspecified atom stereocenters. The number of hydrogen-bond donors (Lipinski definition) is 1. The highest BCUT2D eigenvalue weighted by molar-refractivity contribution is 7.16. The molecule has 0 saturated heterocycles. The van der Waals surface area contributed by atoms with Crippen molar-refractivity contribution >= 4 is 23.5 Å². The maximum absolute atomic E-state index is 12.2. The van der Waals surface area contributed by atoms with Crippen LogP contribution in [0, 0.1) is 0 Å². The summed E-state index contributed by atoms with van der Waals surface area (Å²) in [5, 5.41) is 4.69. The van der Waals surface area contributed by atoms with E-state index in [1.807, 2.05) is 48.5 Å². The van der Waals surface area contributed by atoms with E-state index in [0.717, 1.165) is 16.9 Å². The Morgan fingerprint density at radius 1 is 1.12 bits per heavy atom. The summed E-state index contributed by atoms with van der Waals surface area (Å²) in [6, 6.07) is 14.9. The van der Waals surface area contributed by atoms with E-state index in [4.69, 9.17) is 9.47 Å². The highest BCUT2D eigenvalue weighted by atomic mass is 32.1. The first-order valence-electron chi connectivity index (χ1n) is 7.78. The van der Waals surface area contributed by atoms with Crippen LogP contribution >= 0.6 is 11.3 Å². The second-order valence-electron chi connectivity index (χ2n) is 5.20. The summed E-state index contributed by atoms with van der Waals surface area (Å²) in [5.74, 6) is 1.17. The van der Waals surface area contributed by atoms with Gasteiger partial charge in [0.15, 0.2) is 0 Å². The second kappa shape index (κ2) is 8.26. The Hall–Kier alpha value is -3.19. The van der Waals surface area contributed by atoms with E-state index < -0.39 is 0 Å². The third-order valence-corrected chi connectivity index (χ3v) is 4.59. The number of para-hydroxylation sites is 1. The average Bonchev–Trinajstić information content (AvgIpc) is 3.18. The zero-order valence-electron chi connectivity index (χ0n) is 14.3. The Kier molecular flexibility index (Phi) is 5.60. The van der Waals surface area contributed by atoms with Gasteiger partial charge in [-0.25, -0.2) is 10.4 Å². The fraction of sp³-hybridized carbons (Fsp3) is 0.105. The normalized spacial score (nSPS) is 10.7. The molecule has 1 aromatic heterocycles. The van der Waals surface area contributed by atoms with Crippen molar-refractivity contribution < 1.29 is 14.3 Å². The number of hydrazone groups is 1. The van der Waals surface area contributed by atoms with Crippen molar-refractivity contribution in [3.8, 4) is 22.1 Å². The number of carbonyl (C=O) groups excluding carboxylic acids is 1. The van der Waals surface area contributed by atoms with Gasteiger partial charge in [0.05, 0.1) is 32.2 Å². The molecule has 0 bridgehead atoms. The molecule has 0 aliphatic rings. The van der Waals surface area contributed by atoms with Crippen molar-refractivity contribution in [2.75, 3.05) is 14.2 Å². The van der Waals surface area contributed by atoms with Crippen LogP contribution in [0.2, 0.25) is 0 Å². The van der Waals surface area contributed by atoms with Gasteiger partial charge in [-0.3, -0.25) is 4.79 Å². The lowest BCUT2D eigenvalue weighted by molar-refractivity contribution is 0.0959. The number of nitrogens with one attached hydrogen (secondary N) is 1. The van der Waals surface area contributed by atoms with Gasteiger partial charge in [-0.15, -0.1) is 11.3 Å². The summed E-state index contributed by atoms with van der Waals surface area (Å²) >= 11 is 1.28. The van der Waals surface area contributed by atoms with E-state index >= 15 is 0 Å². The van der Waals surface area contributed by atoms with Gasteiger partial charge in [-0.05, 0) is 42.0 Å². The molecule has 0 aliphatic heterocycles. The van der Waals surface area contributed by atoms with Crippen LogP contribution < -0.4 is 14.9 Å². The van der Waals surface area contributed by atoms with Crippen LogP contribution in [0.4, 0.5) is 0 Å². The van der Waals surface area contributed by atoms with E-state index in [1.165, 1.54) is 17.5 Å². The lowest BCUT2D eigenvalue weighted by atomic mass is 10.2. The van der Waals surface area contributed by atoms with Gasteiger partial charge in [0, 0.05) is 0 Å². The van der Waals surface area contributed by atoms with Gasteiger partial charge in [-0.1, -0.05) is 12.1 Å². The van der Waals surface area contributed by atoms with E-state index in [0.29, 0.717) is 15.6 Å². The fourth-order valence-electron chi connectivity index (χ4n) is 2.24. The smallest absolute Gasteiger partial charge is 0.283 e. The highest BCUT2D eigenvalue weighted by Gasteiger charge is 2.13. The van der Waals surface area contributed by atoms with Crippen molar-refractivity contribution in [1.29, 1.82) is 0 Å². The number of ether oxygens (including phenoxy) is 2. The Balaban J connectivity index is 1.67. The van der Waals surface area contributed by atoms with Gasteiger partial charge in [0.1, 0.15) is 21.4 Å². The lowest BCUT2D eigenvalue weighted by Gasteiger charge is -2.04. The Morgan fingerprint density at radius 3 is 2.62 bits per heavy atom. The zero-order chi connectivity index (χ0) is 18.4. The molecule has 132 valence electrons. The molecule has 0 atom stereocenters. The summed E-state index contributed by atoms with van der Waals surface area (Å²) in [6.07, 6.45) is 3.10. The summed E-state index contributed by atoms with van der Waals surface area (Å²) in [6.45, 7) is 0. The molecule has 1 N–H and O–H groups in total. The van der Waals surface area contributed by atoms with Crippen LogP contribution in [0.1, 0.15) is 15.2 Å². The van der Waals surface area contributed by atoms with Crippen LogP contribution in [0.5, 0.6) is 11.5 Å². The predicted octanol–water partition coefficient (Wildman–Crippen LogP) is 3.59. The van der Waals surface area contributed by atoms with Gasteiger partial charge in [0.25, 0.3) is 5.91 Å². The Labute approximate surface area is 155 Å². The molecular weight excluding hydrogens is 350 g/mol. The molecule has 0 aliphatic carbocycles. The minimum atomic E-state index is -0.312. The molecule has 6 nitrogen and oxygen atoms in total. The molecule has 0 radical (unpaired) electrons. The third kappa shape index (κ3) is 4.07. The summed E-state index contributed by atoms with van der Waals surface area (Å²) in [5.41, 5.74) is 4.21. The van der Waals surface area contributed by atoms with Crippen molar-refractivity contribution in [2.45, 2.75) is 0 Å². The average molecular weight is 367 g/mol. The zero-order valence-corrected chi connectivity index (χ0v) is 15.1. The number of thiazole rings is 1. The summed E-state index contributed by atoms with van der Waals surface area (Å²) in [4.78, 5) is 17.0. The van der Waals surface area contributed by atoms with Crippen LogP contribution in [0.3, 0.4) is 0 Å². The maximum Gasteiger partial charge on any atom is 0.283 e. The van der Waals surface area contributed by atoms with Crippen LogP contribution in [-0.2, 0) is 0 Å². The third-order valence-electron chi connectivity index (χ3n) is 3.56. The van der Waals surface area contributed by atoms with Crippen molar-refractivity contribution in [2.24, 2.45) is 5.10 Å². The molecule has 0 saturated carbocycles. The van der Waals surface area contributed by atoms with Crippen LogP contribution in [0.25, 0.3) is 10.6 Å². The molecule has 7 heteroatoms. The summed E-state index contributed by atoms with van der Waals surface area (Å²) in [7, 11) is 3.21. The molecule has 2 aromatic carbocycles. The first kappa shape index (κ1) is 17.6. The fourth-order valence-corrected chi connectivity index (χ4v) is 3.07. The second-order valence-corrected chi connectivity index (χ2v) is 6.23. The van der Waals surface area contributed by atoms with Gasteiger partial charge >= 0.3 is 0 Å². The van der Waals surface area contributed by atoms with E-state index in [9.17, 15) is 4.79 Å². The monoisotopic (exact) mass is 367 g/mol. The lowest BCUT2D eigenvalue weighted by Crippen LogP contribution is -2.16. The number of aromatic nitrogens is 1. The molecule has 0 fully saturated rings. The first-order chi connectivity index (χ1) is 12.7. The van der Waals surface area contributed by atoms with Gasteiger partial charge < -0.3 is 9.47 Å². The van der Waals surface area contributed by atoms with E-state index in [1.54, 1.807) is 20.4 Å². The number of methoxy groups -OCH3 is 2. The highest BCUT2D eigenvalue weighted by Crippen LogP contribution is 2.32. The topological polar surface area (TPSA) is 72.8 Å². The van der Waals surface area contributed by atoms with E-state index in [2.05, 4.69) is 15.5 Å². The Morgan fingerprint density at radius 2 is 1.88 bits per heavy atom. The molecule has 0 spiro atoms. The van der Waals surface area contributed by atoms with Crippen LogP contribution in [-0.4, -0.2) is 31.3 Å². The first-order valence-corrected chi connectivity index (χ1v) is 8.59. The predicted molar refractivity (Wildman–Crippen MR) is 102 cm³/mol.